The molecule has 0 spiro atoms. The summed E-state index contributed by atoms with van der Waals surface area (Å²) in [5, 5.41) is 3.71. The van der Waals surface area contributed by atoms with E-state index in [2.05, 4.69) is 5.32 Å². The number of nitrogens with zero attached hydrogens (tertiary/aromatic N) is 1. The second-order valence-electron chi connectivity index (χ2n) is 6.48. The minimum Gasteiger partial charge on any atom is -0.331 e. The Labute approximate surface area is 154 Å². The molecule has 0 bridgehead atoms. The minimum atomic E-state index is -0.490. The van der Waals surface area contributed by atoms with Gasteiger partial charge in [-0.3, -0.25) is 9.59 Å². The van der Waals surface area contributed by atoms with Gasteiger partial charge in [-0.1, -0.05) is 35.9 Å². The molecule has 0 fully saturated rings. The van der Waals surface area contributed by atoms with Crippen LogP contribution in [0.4, 0.5) is 10.1 Å². The number of anilines is 1. The molecule has 1 heterocycles. The fourth-order valence-corrected chi connectivity index (χ4v) is 3.31. The highest BCUT2D eigenvalue weighted by molar-refractivity contribution is 5.97. The molecular weight excluding hydrogens is 343 g/mol. The van der Waals surface area contributed by atoms with Crippen LogP contribution in [0.3, 0.4) is 0 Å². The highest BCUT2D eigenvalue weighted by Gasteiger charge is 2.14. The predicted octanol–water partition coefficient (Wildman–Crippen LogP) is 4.24. The first kappa shape index (κ1) is 17.0. The molecule has 1 amide bonds. The van der Waals surface area contributed by atoms with Gasteiger partial charge in [0.2, 0.25) is 5.91 Å². The SMILES string of the molecule is Cc1ccc2c(c1)c(=O)c1ccccc1n2CC(=O)Nc1ccccc1F. The number of pyridine rings is 1. The van der Waals surface area contributed by atoms with Crippen molar-refractivity contribution < 1.29 is 9.18 Å². The van der Waals surface area contributed by atoms with E-state index in [1.807, 2.05) is 37.3 Å². The lowest BCUT2D eigenvalue weighted by molar-refractivity contribution is -0.116. The first-order chi connectivity index (χ1) is 13.0. The Morgan fingerprint density at radius 3 is 2.48 bits per heavy atom. The van der Waals surface area contributed by atoms with Crippen molar-refractivity contribution in [2.24, 2.45) is 0 Å². The lowest BCUT2D eigenvalue weighted by atomic mass is 10.1. The third-order valence-electron chi connectivity index (χ3n) is 4.58. The molecule has 0 unspecified atom stereocenters. The van der Waals surface area contributed by atoms with Crippen LogP contribution in [0.2, 0.25) is 0 Å². The maximum absolute atomic E-state index is 13.8. The number of amides is 1. The number of para-hydroxylation sites is 2. The van der Waals surface area contributed by atoms with Crippen molar-refractivity contribution in [3.63, 3.8) is 0 Å². The summed E-state index contributed by atoms with van der Waals surface area (Å²) in [6.07, 6.45) is 0. The lowest BCUT2D eigenvalue weighted by Gasteiger charge is -2.15. The number of hydrogen-bond donors (Lipinski definition) is 1. The molecule has 1 N–H and O–H groups in total. The van der Waals surface area contributed by atoms with Gasteiger partial charge in [-0.15, -0.1) is 0 Å². The van der Waals surface area contributed by atoms with Crippen LogP contribution in [0.25, 0.3) is 21.8 Å². The van der Waals surface area contributed by atoms with Crippen LogP contribution in [0.5, 0.6) is 0 Å². The van der Waals surface area contributed by atoms with E-state index in [0.717, 1.165) is 5.56 Å². The maximum atomic E-state index is 13.8. The molecule has 0 aliphatic carbocycles. The van der Waals surface area contributed by atoms with Crippen LogP contribution in [-0.4, -0.2) is 10.5 Å². The highest BCUT2D eigenvalue weighted by atomic mass is 19.1. The lowest BCUT2D eigenvalue weighted by Crippen LogP contribution is -2.22. The van der Waals surface area contributed by atoms with Gasteiger partial charge in [-0.2, -0.15) is 0 Å². The summed E-state index contributed by atoms with van der Waals surface area (Å²) < 4.78 is 15.6. The van der Waals surface area contributed by atoms with Crippen LogP contribution in [0.15, 0.2) is 71.5 Å². The van der Waals surface area contributed by atoms with Gasteiger partial charge < -0.3 is 9.88 Å². The zero-order chi connectivity index (χ0) is 19.0. The van der Waals surface area contributed by atoms with E-state index >= 15 is 0 Å². The maximum Gasteiger partial charge on any atom is 0.244 e. The van der Waals surface area contributed by atoms with E-state index in [0.29, 0.717) is 21.8 Å². The fraction of sp³-hybridized carbons (Fsp3) is 0.0909. The summed E-state index contributed by atoms with van der Waals surface area (Å²) in [6, 6.07) is 18.8. The van der Waals surface area contributed by atoms with E-state index < -0.39 is 5.82 Å². The van der Waals surface area contributed by atoms with Crippen molar-refractivity contribution in [3.05, 3.63) is 88.3 Å². The largest absolute Gasteiger partial charge is 0.331 e. The Bertz CT molecular complexity index is 1240. The van der Waals surface area contributed by atoms with Gasteiger partial charge in [0, 0.05) is 10.8 Å². The summed E-state index contributed by atoms with van der Waals surface area (Å²) >= 11 is 0. The average molecular weight is 360 g/mol. The van der Waals surface area contributed by atoms with E-state index in [9.17, 15) is 14.0 Å². The Morgan fingerprint density at radius 1 is 0.963 bits per heavy atom. The monoisotopic (exact) mass is 360 g/mol. The molecule has 27 heavy (non-hydrogen) atoms. The first-order valence-electron chi connectivity index (χ1n) is 8.61. The van der Waals surface area contributed by atoms with Gasteiger partial charge in [0.15, 0.2) is 5.43 Å². The van der Waals surface area contributed by atoms with Crippen LogP contribution in [0.1, 0.15) is 5.56 Å². The fourth-order valence-electron chi connectivity index (χ4n) is 3.31. The summed E-state index contributed by atoms with van der Waals surface area (Å²) in [6.45, 7) is 1.89. The van der Waals surface area contributed by atoms with E-state index in [4.69, 9.17) is 0 Å². The number of carbonyl (C=O) groups is 1. The Balaban J connectivity index is 1.84. The number of rotatable bonds is 3. The Kier molecular flexibility index (Phi) is 4.20. The summed E-state index contributed by atoms with van der Waals surface area (Å²) in [4.78, 5) is 25.4. The zero-order valence-corrected chi connectivity index (χ0v) is 14.7. The average Bonchev–Trinajstić information content (AvgIpc) is 2.67. The number of hydrogen-bond acceptors (Lipinski definition) is 2. The zero-order valence-electron chi connectivity index (χ0n) is 14.7. The highest BCUT2D eigenvalue weighted by Crippen LogP contribution is 2.21. The third-order valence-corrected chi connectivity index (χ3v) is 4.58. The van der Waals surface area contributed by atoms with Crippen molar-refractivity contribution in [2.45, 2.75) is 13.5 Å². The third kappa shape index (κ3) is 3.08. The summed E-state index contributed by atoms with van der Waals surface area (Å²) in [5.74, 6) is -0.855. The number of carbonyl (C=O) groups excluding carboxylic acids is 1. The van der Waals surface area contributed by atoms with Gasteiger partial charge >= 0.3 is 0 Å². The molecule has 0 aliphatic rings. The molecule has 0 atom stereocenters. The molecule has 134 valence electrons. The Hall–Kier alpha value is -3.47. The van der Waals surface area contributed by atoms with Crippen LogP contribution < -0.4 is 10.7 Å². The van der Waals surface area contributed by atoms with Gasteiger partial charge in [0.25, 0.3) is 0 Å². The predicted molar refractivity (Wildman–Crippen MR) is 105 cm³/mol. The molecule has 0 radical (unpaired) electrons. The topological polar surface area (TPSA) is 51.1 Å². The standard InChI is InChI=1S/C22H17FN2O2/c1-14-10-11-20-16(12-14)22(27)15-6-2-5-9-19(15)25(20)13-21(26)24-18-8-4-3-7-17(18)23/h2-12H,13H2,1H3,(H,24,26). The van der Waals surface area contributed by atoms with Crippen molar-refractivity contribution in [1.29, 1.82) is 0 Å². The second-order valence-corrected chi connectivity index (χ2v) is 6.48. The molecule has 1 aromatic heterocycles. The van der Waals surface area contributed by atoms with E-state index in [1.165, 1.54) is 12.1 Å². The van der Waals surface area contributed by atoms with Crippen molar-refractivity contribution >= 4 is 33.4 Å². The smallest absolute Gasteiger partial charge is 0.244 e. The molecule has 4 aromatic rings. The number of aryl methyl sites for hydroxylation is 1. The van der Waals surface area contributed by atoms with Crippen molar-refractivity contribution in [1.82, 2.24) is 4.57 Å². The van der Waals surface area contributed by atoms with Crippen LogP contribution in [-0.2, 0) is 11.3 Å². The van der Waals surface area contributed by atoms with Gasteiger partial charge in [0.1, 0.15) is 12.4 Å². The van der Waals surface area contributed by atoms with Gasteiger partial charge in [0.05, 0.1) is 16.7 Å². The Morgan fingerprint density at radius 2 is 1.67 bits per heavy atom. The van der Waals surface area contributed by atoms with Crippen molar-refractivity contribution in [3.8, 4) is 0 Å². The molecule has 5 heteroatoms. The normalized spacial score (nSPS) is 11.0. The molecule has 4 nitrogen and oxygen atoms in total. The number of aromatic nitrogens is 1. The summed E-state index contributed by atoms with van der Waals surface area (Å²) in [5.41, 5.74) is 2.39. The molecule has 0 aliphatic heterocycles. The number of nitrogens with one attached hydrogen (secondary N) is 1. The van der Waals surface area contributed by atoms with Gasteiger partial charge in [-0.25, -0.2) is 4.39 Å². The molecule has 0 saturated carbocycles. The van der Waals surface area contributed by atoms with Crippen LogP contribution >= 0.6 is 0 Å². The second kappa shape index (κ2) is 6.68. The quantitative estimate of drug-likeness (QED) is 0.556. The first-order valence-corrected chi connectivity index (χ1v) is 8.61. The van der Waals surface area contributed by atoms with Crippen molar-refractivity contribution in [2.75, 3.05) is 5.32 Å². The summed E-state index contributed by atoms with van der Waals surface area (Å²) in [7, 11) is 0. The minimum absolute atomic E-state index is 0.0330. The number of fused-ring (bicyclic) bond motifs is 2. The van der Waals surface area contributed by atoms with Gasteiger partial charge in [-0.05, 0) is 43.3 Å². The molecule has 3 aromatic carbocycles. The number of halogens is 1. The molecule has 4 rings (SSSR count). The van der Waals surface area contributed by atoms with E-state index in [1.54, 1.807) is 28.8 Å². The molecule has 0 saturated heterocycles. The molecular formula is C22H17FN2O2. The van der Waals surface area contributed by atoms with Crippen LogP contribution in [0, 0.1) is 12.7 Å². The van der Waals surface area contributed by atoms with E-state index in [-0.39, 0.29) is 23.6 Å². The number of benzene rings is 3.